The van der Waals surface area contributed by atoms with E-state index in [2.05, 4.69) is 0 Å². The van der Waals surface area contributed by atoms with E-state index in [1.165, 1.54) is 18.2 Å². The summed E-state index contributed by atoms with van der Waals surface area (Å²) >= 11 is 0. The van der Waals surface area contributed by atoms with Crippen molar-refractivity contribution in [2.75, 3.05) is 0 Å². The number of hydrogen-bond donors (Lipinski definition) is 0. The summed E-state index contributed by atoms with van der Waals surface area (Å²) in [6.45, 7) is 1.72. The van der Waals surface area contributed by atoms with Crippen molar-refractivity contribution in [2.45, 2.75) is 13.3 Å². The van der Waals surface area contributed by atoms with Crippen molar-refractivity contribution in [3.05, 3.63) is 64.0 Å². The van der Waals surface area contributed by atoms with Crippen molar-refractivity contribution in [3.63, 3.8) is 0 Å². The molecule has 0 bridgehead atoms. The van der Waals surface area contributed by atoms with E-state index in [9.17, 15) is 19.3 Å². The maximum Gasteiger partial charge on any atom is 0.314 e. The van der Waals surface area contributed by atoms with Gasteiger partial charge in [-0.15, -0.1) is 0 Å². The number of hydrogen-bond acceptors (Lipinski definition) is 4. The highest BCUT2D eigenvalue weighted by atomic mass is 19.1. The number of benzene rings is 2. The Bertz CT molecular complexity index is 700. The van der Waals surface area contributed by atoms with E-state index in [4.69, 9.17) is 4.74 Å². The molecule has 2 aromatic rings. The van der Waals surface area contributed by atoms with Crippen molar-refractivity contribution in [1.29, 1.82) is 0 Å². The van der Waals surface area contributed by atoms with Crippen LogP contribution in [-0.2, 0) is 0 Å². The van der Waals surface area contributed by atoms with Gasteiger partial charge in [0.25, 0.3) is 0 Å². The quantitative estimate of drug-likeness (QED) is 0.471. The van der Waals surface area contributed by atoms with Gasteiger partial charge in [-0.2, -0.15) is 0 Å². The Labute approximate surface area is 120 Å². The van der Waals surface area contributed by atoms with E-state index in [0.717, 1.165) is 12.1 Å². The standard InChI is InChI=1S/C15H12FNO4/c1-2-14(18)10-5-3-6-11(9-10)21-15-12(16)7-4-8-13(15)17(19)20/h3-9H,2H2,1H3. The van der Waals surface area contributed by atoms with Gasteiger partial charge in [0, 0.05) is 18.1 Å². The number of ketones is 1. The number of halogens is 1. The molecule has 6 heteroatoms. The van der Waals surface area contributed by atoms with Crippen LogP contribution in [0.2, 0.25) is 0 Å². The highest BCUT2D eigenvalue weighted by molar-refractivity contribution is 5.96. The summed E-state index contributed by atoms with van der Waals surface area (Å²) in [6, 6.07) is 9.57. The molecule has 0 radical (unpaired) electrons. The topological polar surface area (TPSA) is 69.4 Å². The molecule has 0 N–H and O–H groups in total. The van der Waals surface area contributed by atoms with E-state index >= 15 is 0 Å². The number of nitro benzene ring substituents is 1. The molecule has 2 rings (SSSR count). The van der Waals surface area contributed by atoms with Crippen LogP contribution in [0.25, 0.3) is 0 Å². The van der Waals surface area contributed by atoms with E-state index in [0.29, 0.717) is 12.0 Å². The summed E-state index contributed by atoms with van der Waals surface area (Å²) in [5, 5.41) is 10.9. The molecule has 0 aliphatic heterocycles. The van der Waals surface area contributed by atoms with E-state index in [1.807, 2.05) is 0 Å². The van der Waals surface area contributed by atoms with Crippen LogP contribution in [0.1, 0.15) is 23.7 Å². The highest BCUT2D eigenvalue weighted by Gasteiger charge is 2.20. The van der Waals surface area contributed by atoms with Crippen LogP contribution in [0, 0.1) is 15.9 Å². The zero-order valence-corrected chi connectivity index (χ0v) is 11.2. The molecule has 108 valence electrons. The largest absolute Gasteiger partial charge is 0.447 e. The van der Waals surface area contributed by atoms with Crippen LogP contribution in [0.3, 0.4) is 0 Å². The van der Waals surface area contributed by atoms with Gasteiger partial charge in [-0.25, -0.2) is 4.39 Å². The third-order valence-corrected chi connectivity index (χ3v) is 2.84. The molecule has 2 aromatic carbocycles. The maximum absolute atomic E-state index is 13.7. The molecule has 0 aliphatic carbocycles. The first-order chi connectivity index (χ1) is 10.0. The van der Waals surface area contributed by atoms with Crippen molar-refractivity contribution in [2.24, 2.45) is 0 Å². The minimum atomic E-state index is -0.837. The van der Waals surface area contributed by atoms with Crippen LogP contribution in [0.4, 0.5) is 10.1 Å². The van der Waals surface area contributed by atoms with Crippen molar-refractivity contribution >= 4 is 11.5 Å². The monoisotopic (exact) mass is 289 g/mol. The van der Waals surface area contributed by atoms with Crippen LogP contribution in [0.5, 0.6) is 11.5 Å². The minimum Gasteiger partial charge on any atom is -0.447 e. The van der Waals surface area contributed by atoms with Crippen molar-refractivity contribution in [3.8, 4) is 11.5 Å². The normalized spacial score (nSPS) is 10.2. The highest BCUT2D eigenvalue weighted by Crippen LogP contribution is 2.34. The van der Waals surface area contributed by atoms with Crippen LogP contribution in [-0.4, -0.2) is 10.7 Å². The predicted octanol–water partition coefficient (Wildman–Crippen LogP) is 4.12. The van der Waals surface area contributed by atoms with E-state index in [-0.39, 0.29) is 11.5 Å². The lowest BCUT2D eigenvalue weighted by atomic mass is 10.1. The van der Waals surface area contributed by atoms with Gasteiger partial charge in [0.2, 0.25) is 5.75 Å². The average Bonchev–Trinajstić information content (AvgIpc) is 2.48. The molecule has 21 heavy (non-hydrogen) atoms. The lowest BCUT2D eigenvalue weighted by Gasteiger charge is -2.08. The lowest BCUT2D eigenvalue weighted by Crippen LogP contribution is -1.99. The fourth-order valence-electron chi connectivity index (χ4n) is 1.80. The molecule has 0 aliphatic rings. The second kappa shape index (κ2) is 6.13. The van der Waals surface area contributed by atoms with Crippen LogP contribution in [0.15, 0.2) is 42.5 Å². The van der Waals surface area contributed by atoms with Gasteiger partial charge < -0.3 is 4.74 Å². The lowest BCUT2D eigenvalue weighted by molar-refractivity contribution is -0.385. The molecule has 0 aromatic heterocycles. The fourth-order valence-corrected chi connectivity index (χ4v) is 1.80. The molecule has 0 atom stereocenters. The van der Waals surface area contributed by atoms with Gasteiger partial charge in [-0.1, -0.05) is 25.1 Å². The number of carbonyl (C=O) groups excluding carboxylic acids is 1. The number of Topliss-reactive ketones (excluding diaryl/α,β-unsaturated/α-hetero) is 1. The number of carbonyl (C=O) groups is 1. The molecule has 0 fully saturated rings. The van der Waals surface area contributed by atoms with Gasteiger partial charge in [0.1, 0.15) is 5.75 Å². The van der Waals surface area contributed by atoms with Crippen LogP contribution >= 0.6 is 0 Å². The Morgan fingerprint density at radius 2 is 2.00 bits per heavy atom. The van der Waals surface area contributed by atoms with Crippen molar-refractivity contribution in [1.82, 2.24) is 0 Å². The van der Waals surface area contributed by atoms with Gasteiger partial charge >= 0.3 is 5.69 Å². The number of ether oxygens (including phenoxy) is 1. The summed E-state index contributed by atoms with van der Waals surface area (Å²) in [7, 11) is 0. The molecule has 0 spiro atoms. The Balaban J connectivity index is 2.39. The fraction of sp³-hybridized carbons (Fsp3) is 0.133. The van der Waals surface area contributed by atoms with Crippen molar-refractivity contribution < 1.29 is 18.8 Å². The number of nitro groups is 1. The first-order valence-electron chi connectivity index (χ1n) is 6.27. The molecular weight excluding hydrogens is 277 g/mol. The average molecular weight is 289 g/mol. The second-order valence-electron chi connectivity index (χ2n) is 4.25. The summed E-state index contributed by atoms with van der Waals surface area (Å²) < 4.78 is 19.0. The molecule has 0 unspecified atom stereocenters. The Hall–Kier alpha value is -2.76. The maximum atomic E-state index is 13.7. The number of nitrogens with zero attached hydrogens (tertiary/aromatic N) is 1. The van der Waals surface area contributed by atoms with Crippen LogP contribution < -0.4 is 4.74 Å². The Morgan fingerprint density at radius 1 is 1.29 bits per heavy atom. The second-order valence-corrected chi connectivity index (χ2v) is 4.25. The minimum absolute atomic E-state index is 0.0940. The third kappa shape index (κ3) is 3.22. The molecular formula is C15H12FNO4. The summed E-state index contributed by atoms with van der Waals surface area (Å²) in [5.74, 6) is -1.23. The number of para-hydroxylation sites is 1. The molecule has 0 saturated heterocycles. The van der Waals surface area contributed by atoms with Gasteiger partial charge in [-0.05, 0) is 18.2 Å². The predicted molar refractivity (Wildman–Crippen MR) is 74.2 cm³/mol. The molecule has 5 nitrogen and oxygen atoms in total. The third-order valence-electron chi connectivity index (χ3n) is 2.84. The van der Waals surface area contributed by atoms with E-state index < -0.39 is 22.2 Å². The molecule has 0 heterocycles. The summed E-state index contributed by atoms with van der Waals surface area (Å²) in [6.07, 6.45) is 0.323. The zero-order valence-electron chi connectivity index (χ0n) is 11.2. The molecule has 0 saturated carbocycles. The van der Waals surface area contributed by atoms with Gasteiger partial charge in [-0.3, -0.25) is 14.9 Å². The van der Waals surface area contributed by atoms with Gasteiger partial charge in [0.15, 0.2) is 11.6 Å². The smallest absolute Gasteiger partial charge is 0.314 e. The summed E-state index contributed by atoms with van der Waals surface area (Å²) in [5.41, 5.74) is -0.0591. The number of rotatable bonds is 5. The van der Waals surface area contributed by atoms with E-state index in [1.54, 1.807) is 19.1 Å². The first kappa shape index (κ1) is 14.6. The first-order valence-corrected chi connectivity index (χ1v) is 6.27. The Morgan fingerprint density at radius 3 is 2.67 bits per heavy atom. The SMILES string of the molecule is CCC(=O)c1cccc(Oc2c(F)cccc2[N+](=O)[O-])c1. The summed E-state index contributed by atoms with van der Waals surface area (Å²) in [4.78, 5) is 21.8. The zero-order chi connectivity index (χ0) is 15.4. The molecule has 0 amide bonds. The Kier molecular flexibility index (Phi) is 4.27. The van der Waals surface area contributed by atoms with Gasteiger partial charge in [0.05, 0.1) is 4.92 Å².